The van der Waals surface area contributed by atoms with Crippen LogP contribution in [-0.2, 0) is 13.0 Å². The fourth-order valence-corrected chi connectivity index (χ4v) is 2.25. The standard InChI is InChI=1S/C13H12BrN5O/c1-2-12-17-11(18-20-12)8-19-4-3-16-13(19)9-5-10(14)7-15-6-9/h3-7H,2,8H2,1H3. The topological polar surface area (TPSA) is 69.6 Å². The predicted molar refractivity (Wildman–Crippen MR) is 75.9 cm³/mol. The molecule has 0 amide bonds. The zero-order chi connectivity index (χ0) is 13.9. The summed E-state index contributed by atoms with van der Waals surface area (Å²) in [6.45, 7) is 2.50. The first-order valence-corrected chi connectivity index (χ1v) is 6.99. The van der Waals surface area contributed by atoms with Crippen LogP contribution in [0.5, 0.6) is 0 Å². The van der Waals surface area contributed by atoms with Gasteiger partial charge < -0.3 is 9.09 Å². The molecular formula is C13H12BrN5O. The average molecular weight is 334 g/mol. The molecule has 0 aliphatic carbocycles. The van der Waals surface area contributed by atoms with Crippen molar-refractivity contribution in [2.45, 2.75) is 19.9 Å². The number of halogens is 1. The molecule has 20 heavy (non-hydrogen) atoms. The number of nitrogens with zero attached hydrogens (tertiary/aromatic N) is 5. The summed E-state index contributed by atoms with van der Waals surface area (Å²) in [5.41, 5.74) is 0.934. The first-order valence-electron chi connectivity index (χ1n) is 6.19. The van der Waals surface area contributed by atoms with Crippen molar-refractivity contribution in [2.75, 3.05) is 0 Å². The van der Waals surface area contributed by atoms with E-state index in [9.17, 15) is 0 Å². The van der Waals surface area contributed by atoms with Crippen LogP contribution in [0.15, 0.2) is 39.8 Å². The maximum atomic E-state index is 5.11. The monoisotopic (exact) mass is 333 g/mol. The Morgan fingerprint density at radius 3 is 3.00 bits per heavy atom. The Labute approximate surface area is 124 Å². The average Bonchev–Trinajstić information content (AvgIpc) is 3.08. The molecule has 0 saturated heterocycles. The van der Waals surface area contributed by atoms with E-state index in [1.165, 1.54) is 0 Å². The quantitative estimate of drug-likeness (QED) is 0.734. The van der Waals surface area contributed by atoms with Gasteiger partial charge >= 0.3 is 0 Å². The minimum Gasteiger partial charge on any atom is -0.339 e. The van der Waals surface area contributed by atoms with Crippen LogP contribution in [0, 0.1) is 0 Å². The molecule has 0 atom stereocenters. The normalized spacial score (nSPS) is 10.9. The molecule has 3 aromatic rings. The number of hydrogen-bond acceptors (Lipinski definition) is 5. The maximum absolute atomic E-state index is 5.11. The van der Waals surface area contributed by atoms with E-state index in [2.05, 4.69) is 36.0 Å². The van der Waals surface area contributed by atoms with Crippen molar-refractivity contribution in [3.05, 3.63) is 47.0 Å². The number of aromatic nitrogens is 5. The molecule has 0 aliphatic heterocycles. The lowest BCUT2D eigenvalue weighted by molar-refractivity contribution is 0.375. The molecular weight excluding hydrogens is 322 g/mol. The van der Waals surface area contributed by atoms with Crippen molar-refractivity contribution in [2.24, 2.45) is 0 Å². The summed E-state index contributed by atoms with van der Waals surface area (Å²) >= 11 is 3.41. The third-order valence-electron chi connectivity index (χ3n) is 2.80. The number of aryl methyl sites for hydroxylation is 1. The predicted octanol–water partition coefficient (Wildman–Crippen LogP) is 2.70. The van der Waals surface area contributed by atoms with Crippen LogP contribution in [0.25, 0.3) is 11.4 Å². The summed E-state index contributed by atoms with van der Waals surface area (Å²) in [5, 5.41) is 3.95. The Kier molecular flexibility index (Phi) is 3.60. The van der Waals surface area contributed by atoms with Crippen molar-refractivity contribution >= 4 is 15.9 Å². The van der Waals surface area contributed by atoms with Gasteiger partial charge in [-0.3, -0.25) is 4.98 Å². The van der Waals surface area contributed by atoms with Gasteiger partial charge in [-0.1, -0.05) is 12.1 Å². The molecule has 3 rings (SSSR count). The number of hydrogen-bond donors (Lipinski definition) is 0. The van der Waals surface area contributed by atoms with Crippen LogP contribution in [0.3, 0.4) is 0 Å². The van der Waals surface area contributed by atoms with E-state index in [-0.39, 0.29) is 0 Å². The lowest BCUT2D eigenvalue weighted by Gasteiger charge is -2.05. The van der Waals surface area contributed by atoms with Crippen LogP contribution in [0.2, 0.25) is 0 Å². The van der Waals surface area contributed by atoms with Gasteiger partial charge in [-0.05, 0) is 22.0 Å². The van der Waals surface area contributed by atoms with Crippen molar-refractivity contribution in [3.8, 4) is 11.4 Å². The Morgan fingerprint density at radius 1 is 1.35 bits per heavy atom. The molecule has 0 spiro atoms. The number of pyridine rings is 1. The summed E-state index contributed by atoms with van der Waals surface area (Å²) < 4.78 is 7.99. The minimum atomic E-state index is 0.519. The Bertz CT molecular complexity index is 721. The van der Waals surface area contributed by atoms with E-state index in [1.54, 1.807) is 18.6 Å². The molecule has 0 unspecified atom stereocenters. The fourth-order valence-electron chi connectivity index (χ4n) is 1.88. The molecule has 102 valence electrons. The highest BCUT2D eigenvalue weighted by atomic mass is 79.9. The Hall–Kier alpha value is -2.02. The van der Waals surface area contributed by atoms with Crippen molar-refractivity contribution in [1.82, 2.24) is 24.7 Å². The molecule has 0 fully saturated rings. The third kappa shape index (κ3) is 2.62. The zero-order valence-corrected chi connectivity index (χ0v) is 12.4. The first kappa shape index (κ1) is 13.0. The van der Waals surface area contributed by atoms with Crippen LogP contribution in [0.4, 0.5) is 0 Å². The van der Waals surface area contributed by atoms with Gasteiger partial charge in [0, 0.05) is 41.2 Å². The van der Waals surface area contributed by atoms with Crippen molar-refractivity contribution in [1.29, 1.82) is 0 Å². The van der Waals surface area contributed by atoms with Gasteiger partial charge in [-0.15, -0.1) is 0 Å². The summed E-state index contributed by atoms with van der Waals surface area (Å²) in [6.07, 6.45) is 7.88. The summed E-state index contributed by atoms with van der Waals surface area (Å²) in [5.74, 6) is 2.11. The largest absolute Gasteiger partial charge is 0.339 e. The van der Waals surface area contributed by atoms with E-state index in [0.29, 0.717) is 18.3 Å². The highest BCUT2D eigenvalue weighted by molar-refractivity contribution is 9.10. The molecule has 0 aliphatic rings. The zero-order valence-electron chi connectivity index (χ0n) is 10.8. The molecule has 0 bridgehead atoms. The lowest BCUT2D eigenvalue weighted by Crippen LogP contribution is -2.03. The van der Waals surface area contributed by atoms with Crippen molar-refractivity contribution in [3.63, 3.8) is 0 Å². The smallest absolute Gasteiger partial charge is 0.226 e. The number of imidazole rings is 1. The molecule has 3 heterocycles. The molecule has 0 radical (unpaired) electrons. The van der Waals surface area contributed by atoms with Crippen LogP contribution >= 0.6 is 15.9 Å². The fraction of sp³-hybridized carbons (Fsp3) is 0.231. The highest BCUT2D eigenvalue weighted by Gasteiger charge is 2.10. The third-order valence-corrected chi connectivity index (χ3v) is 3.24. The molecule has 3 aromatic heterocycles. The highest BCUT2D eigenvalue weighted by Crippen LogP contribution is 2.20. The van der Waals surface area contributed by atoms with Gasteiger partial charge in [0.1, 0.15) is 5.82 Å². The molecule has 7 heteroatoms. The summed E-state index contributed by atoms with van der Waals surface area (Å²) in [6, 6.07) is 1.97. The number of rotatable bonds is 4. The SMILES string of the molecule is CCc1nc(Cn2ccnc2-c2cncc(Br)c2)no1. The molecule has 0 aromatic carbocycles. The van der Waals surface area contributed by atoms with Crippen molar-refractivity contribution < 1.29 is 4.52 Å². The van der Waals surface area contributed by atoms with Gasteiger partial charge in [0.25, 0.3) is 0 Å². The van der Waals surface area contributed by atoms with Crippen LogP contribution in [-0.4, -0.2) is 24.7 Å². The summed E-state index contributed by atoms with van der Waals surface area (Å²) in [7, 11) is 0. The minimum absolute atomic E-state index is 0.519. The van der Waals surface area contributed by atoms with Gasteiger partial charge in [0.05, 0.1) is 6.54 Å². The molecule has 6 nitrogen and oxygen atoms in total. The van der Waals surface area contributed by atoms with Crippen LogP contribution < -0.4 is 0 Å². The Balaban J connectivity index is 1.90. The van der Waals surface area contributed by atoms with E-state index < -0.39 is 0 Å². The van der Waals surface area contributed by atoms with Gasteiger partial charge in [-0.2, -0.15) is 4.98 Å². The van der Waals surface area contributed by atoms with E-state index in [0.717, 1.165) is 22.3 Å². The molecule has 0 saturated carbocycles. The van der Waals surface area contributed by atoms with E-state index in [4.69, 9.17) is 4.52 Å². The Morgan fingerprint density at radius 2 is 2.25 bits per heavy atom. The second-order valence-corrected chi connectivity index (χ2v) is 5.14. The van der Waals surface area contributed by atoms with Gasteiger partial charge in [0.2, 0.25) is 5.89 Å². The lowest BCUT2D eigenvalue weighted by atomic mass is 10.2. The molecule has 0 N–H and O–H groups in total. The van der Waals surface area contributed by atoms with E-state index in [1.807, 2.05) is 23.8 Å². The van der Waals surface area contributed by atoms with Gasteiger partial charge in [-0.25, -0.2) is 4.98 Å². The summed E-state index contributed by atoms with van der Waals surface area (Å²) in [4.78, 5) is 12.8. The first-order chi connectivity index (χ1) is 9.76. The second-order valence-electron chi connectivity index (χ2n) is 4.23. The maximum Gasteiger partial charge on any atom is 0.226 e. The van der Waals surface area contributed by atoms with E-state index >= 15 is 0 Å². The van der Waals surface area contributed by atoms with Gasteiger partial charge in [0.15, 0.2) is 5.82 Å². The second kappa shape index (κ2) is 5.54. The van der Waals surface area contributed by atoms with Crippen LogP contribution in [0.1, 0.15) is 18.6 Å².